The van der Waals surface area contributed by atoms with Crippen LogP contribution in [-0.2, 0) is 5.92 Å². The summed E-state index contributed by atoms with van der Waals surface area (Å²) in [6.45, 7) is 1.44. The summed E-state index contributed by atoms with van der Waals surface area (Å²) in [7, 11) is 0. The van der Waals surface area contributed by atoms with Crippen molar-refractivity contribution in [3.63, 3.8) is 0 Å². The van der Waals surface area contributed by atoms with Gasteiger partial charge in [-0.15, -0.1) is 0 Å². The van der Waals surface area contributed by atoms with Gasteiger partial charge in [0.05, 0.1) is 5.56 Å². The first kappa shape index (κ1) is 9.12. The standard InChI is InChI=1S/C10H9F2NO/c1-2-10(11,12)8-6-14-9-3-4-13-5-7(8)9/h3-6H,2H2,1H3. The number of aromatic nitrogens is 1. The van der Waals surface area contributed by atoms with Crippen LogP contribution in [0.3, 0.4) is 0 Å². The average molecular weight is 197 g/mol. The molecule has 4 heteroatoms. The minimum absolute atomic E-state index is 0.0805. The molecule has 0 aliphatic carbocycles. The van der Waals surface area contributed by atoms with Gasteiger partial charge in [-0.2, -0.15) is 0 Å². The largest absolute Gasteiger partial charge is 0.464 e. The number of rotatable bonds is 2. The molecule has 2 rings (SSSR count). The molecule has 2 aromatic rings. The Hall–Kier alpha value is -1.45. The van der Waals surface area contributed by atoms with Crippen LogP contribution in [0.25, 0.3) is 11.0 Å². The fourth-order valence-corrected chi connectivity index (χ4v) is 1.35. The lowest BCUT2D eigenvalue weighted by Crippen LogP contribution is -2.10. The van der Waals surface area contributed by atoms with Gasteiger partial charge in [-0.05, 0) is 6.07 Å². The zero-order valence-electron chi connectivity index (χ0n) is 7.63. The van der Waals surface area contributed by atoms with Crippen molar-refractivity contribution in [3.05, 3.63) is 30.3 Å². The molecule has 2 heterocycles. The maximum absolute atomic E-state index is 13.4. The van der Waals surface area contributed by atoms with E-state index in [9.17, 15) is 8.78 Å². The highest BCUT2D eigenvalue weighted by molar-refractivity contribution is 5.80. The van der Waals surface area contributed by atoms with Crippen LogP contribution in [0.4, 0.5) is 8.78 Å². The van der Waals surface area contributed by atoms with E-state index in [1.165, 1.54) is 19.3 Å². The van der Waals surface area contributed by atoms with Crippen molar-refractivity contribution in [2.75, 3.05) is 0 Å². The Morgan fingerprint density at radius 1 is 1.50 bits per heavy atom. The molecular formula is C10H9F2NO. The minimum atomic E-state index is -2.84. The van der Waals surface area contributed by atoms with Crippen molar-refractivity contribution in [1.82, 2.24) is 4.98 Å². The highest BCUT2D eigenvalue weighted by Crippen LogP contribution is 2.36. The van der Waals surface area contributed by atoms with Gasteiger partial charge in [0.2, 0.25) is 0 Å². The molecule has 0 atom stereocenters. The Bertz CT molecular complexity index is 450. The first-order valence-corrected chi connectivity index (χ1v) is 4.34. The van der Waals surface area contributed by atoms with Crippen molar-refractivity contribution >= 4 is 11.0 Å². The van der Waals surface area contributed by atoms with Crippen LogP contribution in [0.1, 0.15) is 18.9 Å². The summed E-state index contributed by atoms with van der Waals surface area (Å²) in [5.74, 6) is -2.84. The van der Waals surface area contributed by atoms with Gasteiger partial charge in [0.1, 0.15) is 11.8 Å². The van der Waals surface area contributed by atoms with Crippen LogP contribution >= 0.6 is 0 Å². The van der Waals surface area contributed by atoms with Gasteiger partial charge in [0, 0.05) is 24.2 Å². The first-order valence-electron chi connectivity index (χ1n) is 4.34. The number of hydrogen-bond donors (Lipinski definition) is 0. The summed E-state index contributed by atoms with van der Waals surface area (Å²) < 4.78 is 31.7. The monoisotopic (exact) mass is 197 g/mol. The van der Waals surface area contributed by atoms with E-state index < -0.39 is 5.92 Å². The van der Waals surface area contributed by atoms with Gasteiger partial charge in [-0.3, -0.25) is 4.98 Å². The van der Waals surface area contributed by atoms with Gasteiger partial charge in [0.15, 0.2) is 0 Å². The molecule has 0 radical (unpaired) electrons. The molecule has 0 aliphatic rings. The number of fused-ring (bicyclic) bond motifs is 1. The van der Waals surface area contributed by atoms with E-state index in [4.69, 9.17) is 4.42 Å². The molecule has 0 bridgehead atoms. The number of pyridine rings is 1. The van der Waals surface area contributed by atoms with Crippen LogP contribution in [-0.4, -0.2) is 4.98 Å². The van der Waals surface area contributed by atoms with Crippen LogP contribution < -0.4 is 0 Å². The molecule has 0 saturated heterocycles. The van der Waals surface area contributed by atoms with Crippen LogP contribution in [0.15, 0.2) is 29.1 Å². The molecule has 0 aromatic carbocycles. The summed E-state index contributed by atoms with van der Waals surface area (Å²) in [5.41, 5.74) is 0.367. The van der Waals surface area contributed by atoms with E-state index >= 15 is 0 Å². The molecule has 0 saturated carbocycles. The van der Waals surface area contributed by atoms with E-state index in [1.807, 2.05) is 0 Å². The zero-order chi connectivity index (χ0) is 10.2. The van der Waals surface area contributed by atoms with Gasteiger partial charge >= 0.3 is 0 Å². The smallest absolute Gasteiger partial charge is 0.276 e. The Labute approximate surface area is 79.6 Å². The number of hydrogen-bond acceptors (Lipinski definition) is 2. The Kier molecular flexibility index (Phi) is 1.98. The highest BCUT2D eigenvalue weighted by atomic mass is 19.3. The zero-order valence-corrected chi connectivity index (χ0v) is 7.63. The molecule has 0 unspecified atom stereocenters. The summed E-state index contributed by atoms with van der Waals surface area (Å²) >= 11 is 0. The molecule has 0 amide bonds. The Balaban J connectivity index is 2.64. The summed E-state index contributed by atoms with van der Waals surface area (Å²) in [5, 5.41) is 0.388. The van der Waals surface area contributed by atoms with Crippen molar-refractivity contribution in [1.29, 1.82) is 0 Å². The third-order valence-corrected chi connectivity index (χ3v) is 2.21. The highest BCUT2D eigenvalue weighted by Gasteiger charge is 2.32. The van der Waals surface area contributed by atoms with Crippen molar-refractivity contribution in [2.45, 2.75) is 19.3 Å². The maximum Gasteiger partial charge on any atom is 0.276 e. The van der Waals surface area contributed by atoms with Crippen molar-refractivity contribution < 1.29 is 13.2 Å². The van der Waals surface area contributed by atoms with Crippen LogP contribution in [0.5, 0.6) is 0 Å². The lowest BCUT2D eigenvalue weighted by Gasteiger charge is -2.11. The molecule has 74 valence electrons. The number of nitrogens with zero attached hydrogens (tertiary/aromatic N) is 1. The predicted molar refractivity (Wildman–Crippen MR) is 48.2 cm³/mol. The predicted octanol–water partition coefficient (Wildman–Crippen LogP) is 3.33. The summed E-state index contributed by atoms with van der Waals surface area (Å²) in [6.07, 6.45) is 3.78. The molecular weight excluding hydrogens is 188 g/mol. The van der Waals surface area contributed by atoms with E-state index in [-0.39, 0.29) is 12.0 Å². The lowest BCUT2D eigenvalue weighted by atomic mass is 10.1. The second-order valence-electron chi connectivity index (χ2n) is 3.08. The van der Waals surface area contributed by atoms with Gasteiger partial charge in [-0.1, -0.05) is 6.92 Å². The van der Waals surface area contributed by atoms with E-state index in [0.29, 0.717) is 11.0 Å². The third-order valence-electron chi connectivity index (χ3n) is 2.21. The van der Waals surface area contributed by atoms with Crippen LogP contribution in [0, 0.1) is 0 Å². The SMILES string of the molecule is CCC(F)(F)c1coc2ccncc12. The van der Waals surface area contributed by atoms with Gasteiger partial charge in [0.25, 0.3) is 5.92 Å². The maximum atomic E-state index is 13.4. The van der Waals surface area contributed by atoms with E-state index in [2.05, 4.69) is 4.98 Å². The fourth-order valence-electron chi connectivity index (χ4n) is 1.35. The number of halogens is 2. The topological polar surface area (TPSA) is 26.0 Å². The molecule has 0 aliphatic heterocycles. The van der Waals surface area contributed by atoms with Crippen LogP contribution in [0.2, 0.25) is 0 Å². The Morgan fingerprint density at radius 3 is 3.00 bits per heavy atom. The summed E-state index contributed by atoms with van der Waals surface area (Å²) in [4.78, 5) is 3.80. The second-order valence-corrected chi connectivity index (χ2v) is 3.08. The molecule has 2 aromatic heterocycles. The number of furan rings is 1. The third kappa shape index (κ3) is 1.27. The van der Waals surface area contributed by atoms with Crippen molar-refractivity contribution in [3.8, 4) is 0 Å². The minimum Gasteiger partial charge on any atom is -0.464 e. The molecule has 0 N–H and O–H groups in total. The quantitative estimate of drug-likeness (QED) is 0.738. The molecule has 14 heavy (non-hydrogen) atoms. The van der Waals surface area contributed by atoms with Crippen molar-refractivity contribution in [2.24, 2.45) is 0 Å². The number of alkyl halides is 2. The molecule has 0 fully saturated rings. The summed E-state index contributed by atoms with van der Waals surface area (Å²) in [6, 6.07) is 1.57. The first-order chi connectivity index (χ1) is 6.65. The fraction of sp³-hybridized carbons (Fsp3) is 0.300. The second kappa shape index (κ2) is 3.04. The van der Waals surface area contributed by atoms with E-state index in [1.54, 1.807) is 6.07 Å². The molecule has 2 nitrogen and oxygen atoms in total. The normalized spacial score (nSPS) is 12.2. The molecule has 0 spiro atoms. The Morgan fingerprint density at radius 2 is 2.29 bits per heavy atom. The van der Waals surface area contributed by atoms with Gasteiger partial charge in [-0.25, -0.2) is 8.78 Å². The lowest BCUT2D eigenvalue weighted by molar-refractivity contribution is -0.00749. The van der Waals surface area contributed by atoms with Gasteiger partial charge < -0.3 is 4.42 Å². The van der Waals surface area contributed by atoms with E-state index in [0.717, 1.165) is 6.26 Å². The average Bonchev–Trinajstić information content (AvgIpc) is 2.61.